The Bertz CT molecular complexity index is 73.5. The normalized spacial score (nSPS) is 20.0. The molecule has 0 N–H and O–H groups in total. The van der Waals surface area contributed by atoms with Gasteiger partial charge in [-0.25, -0.2) is 0 Å². The van der Waals surface area contributed by atoms with Crippen LogP contribution in [0.4, 0.5) is 0 Å². The van der Waals surface area contributed by atoms with Gasteiger partial charge < -0.3 is 0 Å². The van der Waals surface area contributed by atoms with Crippen LogP contribution in [0.1, 0.15) is 0 Å². The van der Waals surface area contributed by atoms with Crippen LogP contribution in [-0.4, -0.2) is 0 Å². The van der Waals surface area contributed by atoms with Gasteiger partial charge in [0.2, 0.25) is 0 Å². The molecule has 1 rings (SSSR count). The van der Waals surface area contributed by atoms with E-state index in [-0.39, 0.29) is 0 Å². The van der Waals surface area contributed by atoms with Crippen LogP contribution in [0.15, 0.2) is 21.6 Å². The fourth-order valence-corrected chi connectivity index (χ4v) is 2.81. The van der Waals surface area contributed by atoms with Crippen LogP contribution in [0.3, 0.4) is 0 Å². The van der Waals surface area contributed by atoms with E-state index in [1.807, 2.05) is 8.93 Å². The molecular formula is C4H4IS-. The third-order valence-corrected chi connectivity index (χ3v) is 3.94. The molecule has 0 saturated heterocycles. The van der Waals surface area contributed by atoms with E-state index in [4.69, 9.17) is 0 Å². The van der Waals surface area contributed by atoms with E-state index in [1.165, 1.54) is 0 Å². The van der Waals surface area contributed by atoms with E-state index >= 15 is 0 Å². The molecule has 0 atom stereocenters. The molecule has 1 aliphatic rings. The van der Waals surface area contributed by atoms with E-state index in [9.17, 15) is 0 Å². The SMILES string of the molecule is C1=CS[I-]C=C1. The maximum atomic E-state index is 2.25. The summed E-state index contributed by atoms with van der Waals surface area (Å²) in [5.74, 6) is 0. The zero-order valence-electron chi connectivity index (χ0n) is 3.10. The van der Waals surface area contributed by atoms with Crippen LogP contribution in [0.2, 0.25) is 0 Å². The average Bonchev–Trinajstić information content (AvgIpc) is 1.72. The second-order valence-electron chi connectivity index (χ2n) is 0.825. The number of halogens is 1. The van der Waals surface area contributed by atoms with Crippen LogP contribution in [0.25, 0.3) is 0 Å². The summed E-state index contributed by atoms with van der Waals surface area (Å²) in [6.45, 7) is 0. The minimum atomic E-state index is 0.364. The first-order chi connectivity index (χ1) is 3.00. The molecule has 0 nitrogen and oxygen atoms in total. The van der Waals surface area contributed by atoms with Gasteiger partial charge in [0, 0.05) is 0 Å². The number of hydrogen-bond acceptors (Lipinski definition) is 1. The van der Waals surface area contributed by atoms with Crippen LogP contribution in [-0.2, 0) is 0 Å². The van der Waals surface area contributed by atoms with Crippen molar-refractivity contribution in [2.45, 2.75) is 0 Å². The Morgan fingerprint density at radius 3 is 2.50 bits per heavy atom. The molecule has 6 heavy (non-hydrogen) atoms. The third kappa shape index (κ3) is 1.34. The monoisotopic (exact) mass is 211 g/mol. The maximum absolute atomic E-state index is 2.25. The minimum absolute atomic E-state index is 0.364. The molecule has 0 fully saturated rings. The average molecular weight is 211 g/mol. The van der Waals surface area contributed by atoms with Gasteiger partial charge in [-0.2, -0.15) is 0 Å². The molecule has 0 amide bonds. The number of hydrogen-bond donors (Lipinski definition) is 0. The molecule has 0 spiro atoms. The summed E-state index contributed by atoms with van der Waals surface area (Å²) in [5.41, 5.74) is 0. The van der Waals surface area contributed by atoms with Crippen LogP contribution >= 0.6 is 8.93 Å². The summed E-state index contributed by atoms with van der Waals surface area (Å²) < 4.78 is 2.25. The van der Waals surface area contributed by atoms with Gasteiger partial charge in [-0.3, -0.25) is 0 Å². The first kappa shape index (κ1) is 4.71. The summed E-state index contributed by atoms with van der Waals surface area (Å²) in [4.78, 5) is 0. The van der Waals surface area contributed by atoms with Gasteiger partial charge in [-0.05, 0) is 0 Å². The Morgan fingerprint density at radius 1 is 1.33 bits per heavy atom. The van der Waals surface area contributed by atoms with Crippen molar-refractivity contribution >= 4 is 8.93 Å². The predicted octanol–water partition coefficient (Wildman–Crippen LogP) is -1.24. The van der Waals surface area contributed by atoms with Gasteiger partial charge in [0.15, 0.2) is 0 Å². The molecule has 0 radical (unpaired) electrons. The third-order valence-electron chi connectivity index (χ3n) is 0.417. The molecular weight excluding hydrogens is 207 g/mol. The Labute approximate surface area is 50.4 Å². The molecule has 0 saturated carbocycles. The Balaban J connectivity index is 2.46. The molecule has 0 aliphatic carbocycles. The zero-order chi connectivity index (χ0) is 4.24. The predicted molar refractivity (Wildman–Crippen MR) is 25.9 cm³/mol. The van der Waals surface area contributed by atoms with E-state index in [0.29, 0.717) is 19.8 Å². The number of allylic oxidation sites excluding steroid dienone is 2. The molecule has 0 bridgehead atoms. The van der Waals surface area contributed by atoms with E-state index < -0.39 is 0 Å². The van der Waals surface area contributed by atoms with Crippen molar-refractivity contribution in [1.29, 1.82) is 0 Å². The fourth-order valence-electron chi connectivity index (χ4n) is 0.206. The summed E-state index contributed by atoms with van der Waals surface area (Å²) in [6.07, 6.45) is 4.19. The second-order valence-corrected chi connectivity index (χ2v) is 5.22. The summed E-state index contributed by atoms with van der Waals surface area (Å²) in [7, 11) is 1.94. The van der Waals surface area contributed by atoms with Gasteiger partial charge in [-0.1, -0.05) is 0 Å². The molecule has 0 aromatic rings. The van der Waals surface area contributed by atoms with Crippen molar-refractivity contribution in [3.63, 3.8) is 0 Å². The van der Waals surface area contributed by atoms with Crippen molar-refractivity contribution in [1.82, 2.24) is 0 Å². The zero-order valence-corrected chi connectivity index (χ0v) is 6.07. The van der Waals surface area contributed by atoms with Gasteiger partial charge in [0.25, 0.3) is 0 Å². The standard InChI is InChI=1S/C4H4IS/c1-2-4-6-5-3-1/h1-4H/q-1. The molecule has 2 heteroatoms. The van der Waals surface area contributed by atoms with Gasteiger partial charge >= 0.3 is 50.4 Å². The molecule has 0 aromatic heterocycles. The Hall–Kier alpha value is 0.560. The first-order valence-electron chi connectivity index (χ1n) is 1.61. The molecule has 0 aromatic carbocycles. The molecule has 34 valence electrons. The quantitative estimate of drug-likeness (QED) is 0.452. The van der Waals surface area contributed by atoms with Gasteiger partial charge in [0.05, 0.1) is 0 Å². The number of rotatable bonds is 0. The fraction of sp³-hybridized carbons (Fsp3) is 0. The molecule has 0 unspecified atom stereocenters. The van der Waals surface area contributed by atoms with Crippen LogP contribution in [0.5, 0.6) is 0 Å². The van der Waals surface area contributed by atoms with Crippen molar-refractivity contribution in [3.05, 3.63) is 21.6 Å². The Morgan fingerprint density at radius 2 is 2.33 bits per heavy atom. The summed E-state index contributed by atoms with van der Waals surface area (Å²) in [6, 6.07) is 0. The molecule has 1 heterocycles. The van der Waals surface area contributed by atoms with Crippen LogP contribution < -0.4 is 19.8 Å². The Kier molecular flexibility index (Phi) is 2.11. The van der Waals surface area contributed by atoms with Crippen molar-refractivity contribution in [2.24, 2.45) is 0 Å². The first-order valence-corrected chi connectivity index (χ1v) is 6.28. The summed E-state index contributed by atoms with van der Waals surface area (Å²) in [5, 5.41) is 2.15. The van der Waals surface area contributed by atoms with E-state index in [1.54, 1.807) is 0 Å². The van der Waals surface area contributed by atoms with Crippen molar-refractivity contribution in [2.75, 3.05) is 0 Å². The topological polar surface area (TPSA) is 0 Å². The van der Waals surface area contributed by atoms with Crippen LogP contribution in [0, 0.1) is 0 Å². The van der Waals surface area contributed by atoms with Crippen molar-refractivity contribution in [3.8, 4) is 0 Å². The van der Waals surface area contributed by atoms with E-state index in [0.717, 1.165) is 0 Å². The van der Waals surface area contributed by atoms with Crippen molar-refractivity contribution < 1.29 is 19.8 Å². The molecule has 1 aliphatic heterocycles. The van der Waals surface area contributed by atoms with E-state index in [2.05, 4.69) is 21.6 Å². The van der Waals surface area contributed by atoms with Gasteiger partial charge in [-0.15, -0.1) is 0 Å². The summed E-state index contributed by atoms with van der Waals surface area (Å²) >= 11 is 0.364. The van der Waals surface area contributed by atoms with Gasteiger partial charge in [0.1, 0.15) is 0 Å². The second kappa shape index (κ2) is 2.69.